The number of hydrogen-bond acceptors (Lipinski definition) is 2. The van der Waals surface area contributed by atoms with Gasteiger partial charge in [-0.15, -0.1) is 0 Å². The number of halogens is 2. The van der Waals surface area contributed by atoms with Crippen LogP contribution in [0.15, 0.2) is 30.7 Å². The molecule has 0 bridgehead atoms. The van der Waals surface area contributed by atoms with Gasteiger partial charge in [0.25, 0.3) is 0 Å². The van der Waals surface area contributed by atoms with E-state index in [1.165, 1.54) is 0 Å². The molecule has 0 aliphatic rings. The molecule has 2 aromatic heterocycles. The Morgan fingerprint density at radius 2 is 1.95 bits per heavy atom. The van der Waals surface area contributed by atoms with Crippen molar-refractivity contribution in [2.45, 2.75) is 26.4 Å². The van der Waals surface area contributed by atoms with E-state index in [1.807, 2.05) is 30.8 Å². The van der Waals surface area contributed by atoms with Gasteiger partial charge in [0.05, 0.1) is 29.6 Å². The van der Waals surface area contributed by atoms with Crippen molar-refractivity contribution in [3.05, 3.63) is 48.1 Å². The number of aromatic nitrogens is 4. The molecule has 0 unspecified atom stereocenters. The number of benzene rings is 1. The Labute approximate surface area is 114 Å². The Morgan fingerprint density at radius 1 is 1.20 bits per heavy atom. The number of nitrogens with zero attached hydrogens (tertiary/aromatic N) is 4. The second kappa shape index (κ2) is 4.70. The molecule has 0 atom stereocenters. The summed E-state index contributed by atoms with van der Waals surface area (Å²) in [6.45, 7) is 4.56. The number of imidazole rings is 1. The van der Waals surface area contributed by atoms with Gasteiger partial charge in [-0.2, -0.15) is 5.10 Å². The van der Waals surface area contributed by atoms with Gasteiger partial charge in [-0.1, -0.05) is 0 Å². The molecule has 0 amide bonds. The lowest BCUT2D eigenvalue weighted by Crippen LogP contribution is -2.04. The van der Waals surface area contributed by atoms with Crippen LogP contribution in [0.5, 0.6) is 0 Å². The topological polar surface area (TPSA) is 35.6 Å². The van der Waals surface area contributed by atoms with Crippen molar-refractivity contribution in [2.24, 2.45) is 0 Å². The first-order chi connectivity index (χ1) is 9.54. The van der Waals surface area contributed by atoms with Crippen LogP contribution >= 0.6 is 0 Å². The predicted octanol–water partition coefficient (Wildman–Crippen LogP) is 3.14. The van der Waals surface area contributed by atoms with Gasteiger partial charge in [-0.05, 0) is 19.9 Å². The molecule has 3 aromatic rings. The van der Waals surface area contributed by atoms with Crippen LogP contribution in [0.2, 0.25) is 0 Å². The Bertz CT molecular complexity index is 758. The van der Waals surface area contributed by atoms with Crippen LogP contribution in [0.25, 0.3) is 11.0 Å². The van der Waals surface area contributed by atoms with E-state index in [1.54, 1.807) is 10.9 Å². The van der Waals surface area contributed by atoms with E-state index in [9.17, 15) is 8.78 Å². The van der Waals surface area contributed by atoms with Crippen LogP contribution in [-0.2, 0) is 6.54 Å². The van der Waals surface area contributed by atoms with Crippen molar-refractivity contribution in [2.75, 3.05) is 0 Å². The molecule has 1 aromatic carbocycles. The minimum absolute atomic E-state index is 0.287. The molecule has 4 nitrogen and oxygen atoms in total. The van der Waals surface area contributed by atoms with Crippen LogP contribution < -0.4 is 0 Å². The second-order valence-electron chi connectivity index (χ2n) is 5.01. The second-order valence-corrected chi connectivity index (χ2v) is 5.01. The Balaban J connectivity index is 1.96. The molecule has 0 spiro atoms. The summed E-state index contributed by atoms with van der Waals surface area (Å²) in [4.78, 5) is 4.08. The summed E-state index contributed by atoms with van der Waals surface area (Å²) in [7, 11) is 0. The first kappa shape index (κ1) is 12.8. The minimum atomic E-state index is -0.883. The summed E-state index contributed by atoms with van der Waals surface area (Å²) in [5, 5.41) is 4.43. The fourth-order valence-corrected chi connectivity index (χ4v) is 2.10. The van der Waals surface area contributed by atoms with E-state index in [2.05, 4.69) is 10.1 Å². The summed E-state index contributed by atoms with van der Waals surface area (Å²) >= 11 is 0. The SMILES string of the molecule is CC(C)n1ccc(Cn2cnc3cc(F)c(F)cc32)n1. The first-order valence-corrected chi connectivity index (χ1v) is 6.38. The summed E-state index contributed by atoms with van der Waals surface area (Å²) < 4.78 is 30.1. The lowest BCUT2D eigenvalue weighted by molar-refractivity contribution is 0.510. The van der Waals surface area contributed by atoms with Crippen molar-refractivity contribution >= 4 is 11.0 Å². The zero-order chi connectivity index (χ0) is 14.3. The van der Waals surface area contributed by atoms with Crippen molar-refractivity contribution in [1.29, 1.82) is 0 Å². The monoisotopic (exact) mass is 276 g/mol. The van der Waals surface area contributed by atoms with E-state index >= 15 is 0 Å². The summed E-state index contributed by atoms with van der Waals surface area (Å²) in [6.07, 6.45) is 3.47. The minimum Gasteiger partial charge on any atom is -0.324 e. The smallest absolute Gasteiger partial charge is 0.161 e. The highest BCUT2D eigenvalue weighted by Gasteiger charge is 2.10. The molecule has 3 rings (SSSR count). The van der Waals surface area contributed by atoms with E-state index in [0.717, 1.165) is 17.8 Å². The highest BCUT2D eigenvalue weighted by atomic mass is 19.2. The lowest BCUT2D eigenvalue weighted by Gasteiger charge is -2.05. The zero-order valence-electron chi connectivity index (χ0n) is 11.2. The number of fused-ring (bicyclic) bond motifs is 1. The Kier molecular flexibility index (Phi) is 3.00. The predicted molar refractivity (Wildman–Crippen MR) is 71.4 cm³/mol. The molecule has 0 radical (unpaired) electrons. The maximum absolute atomic E-state index is 13.3. The summed E-state index contributed by atoms with van der Waals surface area (Å²) in [5.74, 6) is -1.75. The van der Waals surface area contributed by atoms with E-state index < -0.39 is 11.6 Å². The largest absolute Gasteiger partial charge is 0.324 e. The van der Waals surface area contributed by atoms with E-state index in [0.29, 0.717) is 17.6 Å². The third-order valence-electron chi connectivity index (χ3n) is 3.19. The molecular formula is C14H14F2N4. The number of rotatable bonds is 3. The molecule has 0 N–H and O–H groups in total. The molecule has 0 aliphatic heterocycles. The molecular weight excluding hydrogens is 262 g/mol. The maximum atomic E-state index is 13.3. The van der Waals surface area contributed by atoms with Gasteiger partial charge in [0.2, 0.25) is 0 Å². The van der Waals surface area contributed by atoms with Crippen LogP contribution in [0.1, 0.15) is 25.6 Å². The van der Waals surface area contributed by atoms with Crippen molar-refractivity contribution < 1.29 is 8.78 Å². The summed E-state index contributed by atoms with van der Waals surface area (Å²) in [5.41, 5.74) is 1.85. The van der Waals surface area contributed by atoms with E-state index in [4.69, 9.17) is 0 Å². The van der Waals surface area contributed by atoms with Crippen LogP contribution in [0.3, 0.4) is 0 Å². The Morgan fingerprint density at radius 3 is 2.65 bits per heavy atom. The van der Waals surface area contributed by atoms with Crippen molar-refractivity contribution in [3.63, 3.8) is 0 Å². The molecule has 6 heteroatoms. The van der Waals surface area contributed by atoms with Gasteiger partial charge >= 0.3 is 0 Å². The average Bonchev–Trinajstić information content (AvgIpc) is 3.00. The molecule has 0 saturated heterocycles. The van der Waals surface area contributed by atoms with E-state index in [-0.39, 0.29) is 6.04 Å². The van der Waals surface area contributed by atoms with Gasteiger partial charge in [0.15, 0.2) is 11.6 Å². The first-order valence-electron chi connectivity index (χ1n) is 6.38. The maximum Gasteiger partial charge on any atom is 0.161 e. The third kappa shape index (κ3) is 2.17. The molecule has 20 heavy (non-hydrogen) atoms. The average molecular weight is 276 g/mol. The van der Waals surface area contributed by atoms with Gasteiger partial charge < -0.3 is 4.57 Å². The zero-order valence-corrected chi connectivity index (χ0v) is 11.2. The lowest BCUT2D eigenvalue weighted by atomic mass is 10.3. The quantitative estimate of drug-likeness (QED) is 0.736. The highest BCUT2D eigenvalue weighted by Crippen LogP contribution is 2.18. The van der Waals surface area contributed by atoms with Gasteiger partial charge in [-0.25, -0.2) is 13.8 Å². The van der Waals surface area contributed by atoms with Crippen LogP contribution in [0.4, 0.5) is 8.78 Å². The van der Waals surface area contributed by atoms with Crippen molar-refractivity contribution in [3.8, 4) is 0 Å². The number of hydrogen-bond donors (Lipinski definition) is 0. The molecule has 104 valence electrons. The van der Waals surface area contributed by atoms with Crippen LogP contribution in [0, 0.1) is 11.6 Å². The fourth-order valence-electron chi connectivity index (χ4n) is 2.10. The standard InChI is InChI=1S/C14H14F2N4/c1-9(2)20-4-3-10(18-20)7-19-8-17-13-5-11(15)12(16)6-14(13)19/h3-6,8-9H,7H2,1-2H3. The van der Waals surface area contributed by atoms with Crippen LogP contribution in [-0.4, -0.2) is 19.3 Å². The molecule has 2 heterocycles. The molecule has 0 saturated carbocycles. The van der Waals surface area contributed by atoms with Crippen molar-refractivity contribution in [1.82, 2.24) is 19.3 Å². The summed E-state index contributed by atoms with van der Waals surface area (Å²) in [6, 6.07) is 4.46. The van der Waals surface area contributed by atoms with Gasteiger partial charge in [0.1, 0.15) is 0 Å². The highest BCUT2D eigenvalue weighted by molar-refractivity contribution is 5.75. The van der Waals surface area contributed by atoms with Gasteiger partial charge in [-0.3, -0.25) is 4.68 Å². The van der Waals surface area contributed by atoms with Gasteiger partial charge in [0, 0.05) is 24.4 Å². The fraction of sp³-hybridized carbons (Fsp3) is 0.286. The Hall–Kier alpha value is -2.24. The molecule has 0 fully saturated rings. The normalized spacial score (nSPS) is 11.7. The molecule has 0 aliphatic carbocycles. The third-order valence-corrected chi connectivity index (χ3v) is 3.19.